The van der Waals surface area contributed by atoms with Crippen molar-refractivity contribution in [2.45, 2.75) is 6.10 Å². The van der Waals surface area contributed by atoms with Crippen molar-refractivity contribution in [3.63, 3.8) is 0 Å². The van der Waals surface area contributed by atoms with E-state index in [-0.39, 0.29) is 25.1 Å². The van der Waals surface area contributed by atoms with Gasteiger partial charge >= 0.3 is 0 Å². The van der Waals surface area contributed by atoms with Crippen molar-refractivity contribution in [2.75, 3.05) is 32.5 Å². The van der Waals surface area contributed by atoms with Crippen LogP contribution in [0.5, 0.6) is 0 Å². The van der Waals surface area contributed by atoms with Crippen molar-refractivity contribution in [3.05, 3.63) is 42.1 Å². The molecule has 0 saturated carbocycles. The Morgan fingerprint density at radius 2 is 2.12 bits per heavy atom. The molecule has 1 saturated heterocycles. The second-order valence-corrected chi connectivity index (χ2v) is 7.85. The largest absolute Gasteiger partial charge is 0.374 e. The van der Waals surface area contributed by atoms with E-state index < -0.39 is 10.0 Å². The lowest BCUT2D eigenvalue weighted by molar-refractivity contribution is 0.000438. The SMILES string of the molecule is CS(=O)(=O)N1CCO[C@@H](CNC(=O)c2ccc(-c3ccn[nH]3)cc2)C1. The summed E-state index contributed by atoms with van der Waals surface area (Å²) in [5.41, 5.74) is 2.34. The van der Waals surface area contributed by atoms with Gasteiger partial charge in [-0.1, -0.05) is 12.1 Å². The second kappa shape index (κ2) is 7.34. The van der Waals surface area contributed by atoms with Gasteiger partial charge in [0.2, 0.25) is 10.0 Å². The third-order valence-corrected chi connectivity index (χ3v) is 5.29. The summed E-state index contributed by atoms with van der Waals surface area (Å²) in [4.78, 5) is 12.2. The van der Waals surface area contributed by atoms with Gasteiger partial charge < -0.3 is 10.1 Å². The van der Waals surface area contributed by atoms with Crippen LogP contribution in [0.25, 0.3) is 11.3 Å². The minimum absolute atomic E-state index is 0.226. The number of H-pyrrole nitrogens is 1. The summed E-state index contributed by atoms with van der Waals surface area (Å²) in [5.74, 6) is -0.226. The van der Waals surface area contributed by atoms with Crippen molar-refractivity contribution < 1.29 is 17.9 Å². The first-order valence-corrected chi connectivity index (χ1v) is 9.73. The van der Waals surface area contributed by atoms with Crippen LogP contribution in [0.4, 0.5) is 0 Å². The second-order valence-electron chi connectivity index (χ2n) is 5.87. The van der Waals surface area contributed by atoms with E-state index in [1.807, 2.05) is 18.2 Å². The van der Waals surface area contributed by atoms with Crippen LogP contribution >= 0.6 is 0 Å². The molecule has 1 amide bonds. The number of aromatic nitrogens is 2. The maximum Gasteiger partial charge on any atom is 0.251 e. The molecule has 1 aliphatic rings. The summed E-state index contributed by atoms with van der Waals surface area (Å²) < 4.78 is 30.1. The Bertz CT molecular complexity index is 818. The van der Waals surface area contributed by atoms with E-state index in [0.717, 1.165) is 11.3 Å². The third kappa shape index (κ3) is 4.44. The van der Waals surface area contributed by atoms with Crippen LogP contribution in [-0.2, 0) is 14.8 Å². The Labute approximate surface area is 146 Å². The fourth-order valence-electron chi connectivity index (χ4n) is 2.64. The molecule has 1 fully saturated rings. The summed E-state index contributed by atoms with van der Waals surface area (Å²) in [6.07, 6.45) is 2.49. The van der Waals surface area contributed by atoms with Crippen LogP contribution in [0, 0.1) is 0 Å². The van der Waals surface area contributed by atoms with Crippen molar-refractivity contribution in [1.29, 1.82) is 0 Å². The summed E-state index contributed by atoms with van der Waals surface area (Å²) in [7, 11) is -3.24. The number of hydrogen-bond acceptors (Lipinski definition) is 5. The van der Waals surface area contributed by atoms with Gasteiger partial charge in [-0.25, -0.2) is 8.42 Å². The Morgan fingerprint density at radius 3 is 2.76 bits per heavy atom. The minimum Gasteiger partial charge on any atom is -0.374 e. The van der Waals surface area contributed by atoms with Crippen LogP contribution in [0.1, 0.15) is 10.4 Å². The van der Waals surface area contributed by atoms with Crippen molar-refractivity contribution in [3.8, 4) is 11.3 Å². The van der Waals surface area contributed by atoms with Gasteiger partial charge in [-0.15, -0.1) is 0 Å². The van der Waals surface area contributed by atoms with E-state index in [1.165, 1.54) is 10.6 Å². The molecule has 2 heterocycles. The van der Waals surface area contributed by atoms with E-state index in [1.54, 1.807) is 18.3 Å². The molecule has 2 aromatic rings. The molecule has 1 aliphatic heterocycles. The summed E-state index contributed by atoms with van der Waals surface area (Å²) in [6, 6.07) is 8.99. The first-order valence-electron chi connectivity index (χ1n) is 7.88. The highest BCUT2D eigenvalue weighted by atomic mass is 32.2. The highest BCUT2D eigenvalue weighted by Crippen LogP contribution is 2.16. The number of amides is 1. The zero-order chi connectivity index (χ0) is 17.9. The number of ether oxygens (including phenoxy) is 1. The average molecular weight is 364 g/mol. The molecule has 0 radical (unpaired) electrons. The predicted octanol–water partition coefficient (Wildman–Crippen LogP) is 0.467. The zero-order valence-electron chi connectivity index (χ0n) is 13.8. The number of benzene rings is 1. The van der Waals surface area contributed by atoms with Crippen LogP contribution in [0.2, 0.25) is 0 Å². The van der Waals surface area contributed by atoms with Gasteiger partial charge in [0.05, 0.1) is 24.7 Å². The molecular weight excluding hydrogens is 344 g/mol. The molecule has 1 aromatic carbocycles. The van der Waals surface area contributed by atoms with Gasteiger partial charge in [0.25, 0.3) is 5.91 Å². The number of aromatic amines is 1. The predicted molar refractivity (Wildman–Crippen MR) is 92.5 cm³/mol. The van der Waals surface area contributed by atoms with E-state index in [9.17, 15) is 13.2 Å². The monoisotopic (exact) mass is 364 g/mol. The van der Waals surface area contributed by atoms with Gasteiger partial charge in [0.15, 0.2) is 0 Å². The van der Waals surface area contributed by atoms with Crippen LogP contribution in [0.15, 0.2) is 36.5 Å². The Morgan fingerprint density at radius 1 is 1.36 bits per heavy atom. The van der Waals surface area contributed by atoms with Gasteiger partial charge in [-0.2, -0.15) is 9.40 Å². The Kier molecular flexibility index (Phi) is 5.16. The first-order chi connectivity index (χ1) is 11.9. The smallest absolute Gasteiger partial charge is 0.251 e. The summed E-state index contributed by atoms with van der Waals surface area (Å²) in [5, 5.41) is 9.55. The van der Waals surface area contributed by atoms with Crippen molar-refractivity contribution in [1.82, 2.24) is 19.8 Å². The summed E-state index contributed by atoms with van der Waals surface area (Å²) >= 11 is 0. The standard InChI is InChI=1S/C16H20N4O4S/c1-25(22,23)20-8-9-24-14(11-20)10-17-16(21)13-4-2-12(3-5-13)15-6-7-18-19-15/h2-7,14H,8-11H2,1H3,(H,17,21)(H,18,19)/t14-/m0/s1. The number of carbonyl (C=O) groups is 1. The zero-order valence-corrected chi connectivity index (χ0v) is 14.6. The molecule has 2 N–H and O–H groups in total. The lowest BCUT2D eigenvalue weighted by Gasteiger charge is -2.31. The van der Waals surface area contributed by atoms with E-state index in [4.69, 9.17) is 4.74 Å². The number of carbonyl (C=O) groups excluding carboxylic acids is 1. The Balaban J connectivity index is 1.55. The highest BCUT2D eigenvalue weighted by molar-refractivity contribution is 7.88. The van der Waals surface area contributed by atoms with Crippen molar-refractivity contribution in [2.24, 2.45) is 0 Å². The molecule has 134 valence electrons. The molecule has 0 spiro atoms. The first kappa shape index (κ1) is 17.6. The fraction of sp³-hybridized carbons (Fsp3) is 0.375. The number of hydrogen-bond donors (Lipinski definition) is 2. The van der Waals surface area contributed by atoms with E-state index in [2.05, 4.69) is 15.5 Å². The fourth-order valence-corrected chi connectivity index (χ4v) is 3.49. The highest BCUT2D eigenvalue weighted by Gasteiger charge is 2.26. The number of nitrogens with one attached hydrogen (secondary N) is 2. The Hall–Kier alpha value is -2.23. The molecular formula is C16H20N4O4S. The molecule has 1 atom stereocenters. The molecule has 1 aromatic heterocycles. The third-order valence-electron chi connectivity index (χ3n) is 4.02. The molecule has 9 heteroatoms. The molecule has 3 rings (SSSR count). The van der Waals surface area contributed by atoms with Gasteiger partial charge in [-0.3, -0.25) is 9.89 Å². The number of sulfonamides is 1. The molecule has 0 aliphatic carbocycles. The lowest BCUT2D eigenvalue weighted by atomic mass is 10.1. The van der Waals surface area contributed by atoms with Crippen LogP contribution in [0.3, 0.4) is 0 Å². The maximum absolute atomic E-state index is 12.2. The maximum atomic E-state index is 12.2. The molecule has 0 bridgehead atoms. The van der Waals surface area contributed by atoms with E-state index >= 15 is 0 Å². The molecule has 8 nitrogen and oxygen atoms in total. The molecule has 0 unspecified atom stereocenters. The number of nitrogens with zero attached hydrogens (tertiary/aromatic N) is 2. The lowest BCUT2D eigenvalue weighted by Crippen LogP contribution is -2.49. The topological polar surface area (TPSA) is 104 Å². The van der Waals surface area contributed by atoms with Crippen LogP contribution in [-0.4, -0.2) is 67.4 Å². The summed E-state index contributed by atoms with van der Waals surface area (Å²) in [6.45, 7) is 1.18. The van der Waals surface area contributed by atoms with Gasteiger partial charge in [0.1, 0.15) is 0 Å². The van der Waals surface area contributed by atoms with Crippen LogP contribution < -0.4 is 5.32 Å². The normalized spacial score (nSPS) is 18.8. The number of morpholine rings is 1. The molecule has 25 heavy (non-hydrogen) atoms. The van der Waals surface area contributed by atoms with Crippen molar-refractivity contribution >= 4 is 15.9 Å². The average Bonchev–Trinajstić information content (AvgIpc) is 3.14. The number of rotatable bonds is 5. The van der Waals surface area contributed by atoms with Gasteiger partial charge in [-0.05, 0) is 23.8 Å². The van der Waals surface area contributed by atoms with Gasteiger partial charge in [0, 0.05) is 31.4 Å². The minimum atomic E-state index is -3.24. The quantitative estimate of drug-likeness (QED) is 0.802. The van der Waals surface area contributed by atoms with E-state index in [0.29, 0.717) is 18.7 Å².